The van der Waals surface area contributed by atoms with Gasteiger partial charge in [-0.15, -0.1) is 0 Å². The van der Waals surface area contributed by atoms with E-state index in [-0.39, 0.29) is 0 Å². The van der Waals surface area contributed by atoms with Gasteiger partial charge in [0.15, 0.2) is 0 Å². The highest BCUT2D eigenvalue weighted by molar-refractivity contribution is 6.00. The zero-order chi connectivity index (χ0) is 17.6. The fourth-order valence-corrected chi connectivity index (χ4v) is 2.38. The molecule has 0 unspecified atom stereocenters. The summed E-state index contributed by atoms with van der Waals surface area (Å²) in [6.07, 6.45) is 3.49. The molecule has 4 nitrogen and oxygen atoms in total. The van der Waals surface area contributed by atoms with Gasteiger partial charge in [0.2, 0.25) is 5.88 Å². The highest BCUT2D eigenvalue weighted by Crippen LogP contribution is 2.19. The predicted octanol–water partition coefficient (Wildman–Crippen LogP) is 5.24. The minimum Gasteiger partial charge on any atom is -0.447 e. The molecule has 0 aliphatic heterocycles. The van der Waals surface area contributed by atoms with E-state index >= 15 is 0 Å². The molecule has 0 atom stereocenters. The van der Waals surface area contributed by atoms with Crippen LogP contribution < -0.4 is 4.90 Å². The van der Waals surface area contributed by atoms with Crippen LogP contribution in [0.15, 0.2) is 81.3 Å². The second-order valence-corrected chi connectivity index (χ2v) is 5.94. The Morgan fingerprint density at radius 3 is 2.48 bits per heavy atom. The monoisotopic (exact) mass is 331 g/mol. The molecule has 1 heterocycles. The van der Waals surface area contributed by atoms with E-state index in [0.29, 0.717) is 5.88 Å². The maximum atomic E-state index is 5.27. The van der Waals surface area contributed by atoms with Crippen LogP contribution in [0.3, 0.4) is 0 Å². The van der Waals surface area contributed by atoms with Gasteiger partial charge in [0.05, 0.1) is 12.0 Å². The van der Waals surface area contributed by atoms with E-state index in [9.17, 15) is 0 Å². The molecular formula is C21H21N3O. The Morgan fingerprint density at radius 1 is 1.00 bits per heavy atom. The Balaban J connectivity index is 1.77. The first kappa shape index (κ1) is 16.7. The molecule has 3 aromatic rings. The lowest BCUT2D eigenvalue weighted by Crippen LogP contribution is -2.08. The van der Waals surface area contributed by atoms with E-state index in [1.807, 2.05) is 63.6 Å². The summed E-state index contributed by atoms with van der Waals surface area (Å²) in [6, 6.07) is 20.0. The molecule has 2 aromatic carbocycles. The summed E-state index contributed by atoms with van der Waals surface area (Å²) in [4.78, 5) is 11.1. The van der Waals surface area contributed by atoms with Gasteiger partial charge in [0.1, 0.15) is 0 Å². The van der Waals surface area contributed by atoms with Gasteiger partial charge in [-0.1, -0.05) is 24.3 Å². The fourth-order valence-electron chi connectivity index (χ4n) is 2.38. The third-order valence-corrected chi connectivity index (χ3v) is 3.82. The third-order valence-electron chi connectivity index (χ3n) is 3.82. The molecule has 0 radical (unpaired) electrons. The molecule has 0 fully saturated rings. The summed E-state index contributed by atoms with van der Waals surface area (Å²) in [6.45, 7) is 1.96. The van der Waals surface area contributed by atoms with Crippen molar-refractivity contribution in [2.75, 3.05) is 19.0 Å². The Morgan fingerprint density at radius 2 is 1.80 bits per heavy atom. The van der Waals surface area contributed by atoms with Crippen molar-refractivity contribution in [3.63, 3.8) is 0 Å². The van der Waals surface area contributed by atoms with Gasteiger partial charge in [0, 0.05) is 37.8 Å². The third kappa shape index (κ3) is 4.44. The van der Waals surface area contributed by atoms with Crippen molar-refractivity contribution >= 4 is 29.2 Å². The molecule has 0 spiro atoms. The van der Waals surface area contributed by atoms with Gasteiger partial charge in [-0.05, 0) is 48.4 Å². The Hall–Kier alpha value is -3.14. The Kier molecular flexibility index (Phi) is 5.09. The molecule has 126 valence electrons. The largest absolute Gasteiger partial charge is 0.447 e. The van der Waals surface area contributed by atoms with Crippen molar-refractivity contribution < 1.29 is 4.42 Å². The van der Waals surface area contributed by atoms with Crippen molar-refractivity contribution in [2.24, 2.45) is 9.98 Å². The molecule has 3 rings (SSSR count). The van der Waals surface area contributed by atoms with Gasteiger partial charge in [-0.2, -0.15) is 0 Å². The van der Waals surface area contributed by atoms with E-state index in [0.717, 1.165) is 22.5 Å². The smallest absolute Gasteiger partial charge is 0.218 e. The van der Waals surface area contributed by atoms with E-state index in [1.165, 1.54) is 5.69 Å². The van der Waals surface area contributed by atoms with Crippen LogP contribution in [0.2, 0.25) is 0 Å². The first-order chi connectivity index (χ1) is 12.1. The first-order valence-corrected chi connectivity index (χ1v) is 8.12. The molecule has 0 amide bonds. The molecule has 25 heavy (non-hydrogen) atoms. The molecule has 0 aliphatic rings. The van der Waals surface area contributed by atoms with Crippen molar-refractivity contribution in [1.82, 2.24) is 0 Å². The number of hydrogen-bond donors (Lipinski definition) is 0. The van der Waals surface area contributed by atoms with Crippen LogP contribution in [0.5, 0.6) is 0 Å². The van der Waals surface area contributed by atoms with Crippen molar-refractivity contribution in [3.05, 3.63) is 78.1 Å². The van der Waals surface area contributed by atoms with E-state index in [2.05, 4.69) is 39.2 Å². The van der Waals surface area contributed by atoms with Crippen LogP contribution in [0.25, 0.3) is 0 Å². The highest BCUT2D eigenvalue weighted by Gasteiger charge is 2.01. The van der Waals surface area contributed by atoms with Crippen LogP contribution in [0, 0.1) is 0 Å². The van der Waals surface area contributed by atoms with E-state index in [1.54, 1.807) is 6.26 Å². The van der Waals surface area contributed by atoms with Crippen LogP contribution in [-0.4, -0.2) is 26.0 Å². The molecular weight excluding hydrogens is 310 g/mol. The summed E-state index contributed by atoms with van der Waals surface area (Å²) < 4.78 is 5.27. The van der Waals surface area contributed by atoms with Crippen LogP contribution in [0.1, 0.15) is 18.1 Å². The zero-order valence-electron chi connectivity index (χ0n) is 14.7. The molecule has 0 aliphatic carbocycles. The number of hydrogen-bond acceptors (Lipinski definition) is 4. The van der Waals surface area contributed by atoms with Crippen LogP contribution >= 0.6 is 0 Å². The number of benzene rings is 2. The van der Waals surface area contributed by atoms with Gasteiger partial charge in [0.25, 0.3) is 0 Å². The lowest BCUT2D eigenvalue weighted by atomic mass is 10.1. The van der Waals surface area contributed by atoms with Crippen LogP contribution in [-0.2, 0) is 0 Å². The molecule has 0 saturated carbocycles. The van der Waals surface area contributed by atoms with E-state index < -0.39 is 0 Å². The van der Waals surface area contributed by atoms with Gasteiger partial charge >= 0.3 is 0 Å². The fraction of sp³-hybridized carbons (Fsp3) is 0.143. The average Bonchev–Trinajstić information content (AvgIpc) is 3.13. The Labute approximate surface area is 148 Å². The standard InChI is InChI=1S/C21H21N3O/c1-16(23-21-8-5-13-25-21)18-6-4-7-19(14-18)22-15-17-9-11-20(12-10-17)24(2)3/h4-15H,1-3H3/b22-15?,23-16-. The molecule has 0 N–H and O–H groups in total. The summed E-state index contributed by atoms with van der Waals surface area (Å²) in [5, 5.41) is 0. The molecule has 0 bridgehead atoms. The normalized spacial score (nSPS) is 11.9. The van der Waals surface area contributed by atoms with Gasteiger partial charge in [-0.25, -0.2) is 4.99 Å². The van der Waals surface area contributed by atoms with Gasteiger partial charge in [-0.3, -0.25) is 4.99 Å². The first-order valence-electron chi connectivity index (χ1n) is 8.12. The predicted molar refractivity (Wildman–Crippen MR) is 105 cm³/mol. The van der Waals surface area contributed by atoms with Crippen molar-refractivity contribution in [3.8, 4) is 0 Å². The summed E-state index contributed by atoms with van der Waals surface area (Å²) in [5.74, 6) is 0.604. The summed E-state index contributed by atoms with van der Waals surface area (Å²) in [7, 11) is 4.06. The SMILES string of the molecule is C/C(=N/c1ccco1)c1cccc(N=Cc2ccc(N(C)C)cc2)c1. The lowest BCUT2D eigenvalue weighted by molar-refractivity contribution is 0.578. The Bertz CT molecular complexity index is 876. The quantitative estimate of drug-likeness (QED) is 0.600. The maximum absolute atomic E-state index is 5.27. The second-order valence-electron chi connectivity index (χ2n) is 5.94. The van der Waals surface area contributed by atoms with Gasteiger partial charge < -0.3 is 9.32 Å². The number of nitrogens with zero attached hydrogens (tertiary/aromatic N) is 3. The molecule has 4 heteroatoms. The van der Waals surface area contributed by atoms with Crippen molar-refractivity contribution in [1.29, 1.82) is 0 Å². The topological polar surface area (TPSA) is 41.1 Å². The average molecular weight is 331 g/mol. The van der Waals surface area contributed by atoms with E-state index in [4.69, 9.17) is 4.42 Å². The van der Waals surface area contributed by atoms with Crippen LogP contribution in [0.4, 0.5) is 17.3 Å². The highest BCUT2D eigenvalue weighted by atomic mass is 16.3. The van der Waals surface area contributed by atoms with Crippen molar-refractivity contribution in [2.45, 2.75) is 6.92 Å². The summed E-state index contributed by atoms with van der Waals surface area (Å²) >= 11 is 0. The number of aliphatic imine (C=N–C) groups is 2. The number of anilines is 1. The maximum Gasteiger partial charge on any atom is 0.218 e. The number of furan rings is 1. The molecule has 1 aromatic heterocycles. The lowest BCUT2D eigenvalue weighted by Gasteiger charge is -2.11. The zero-order valence-corrected chi connectivity index (χ0v) is 14.7. The second kappa shape index (κ2) is 7.62. The minimum atomic E-state index is 0.604. The number of rotatable bonds is 5. The summed E-state index contributed by atoms with van der Waals surface area (Å²) in [5.41, 5.74) is 5.04. The minimum absolute atomic E-state index is 0.604. The molecule has 0 saturated heterocycles.